The van der Waals surface area contributed by atoms with Crippen molar-refractivity contribution < 1.29 is 22.6 Å². The van der Waals surface area contributed by atoms with Crippen molar-refractivity contribution in [2.45, 2.75) is 30.6 Å². The summed E-state index contributed by atoms with van der Waals surface area (Å²) in [6, 6.07) is 14.1. The van der Waals surface area contributed by atoms with Gasteiger partial charge in [-0.1, -0.05) is 6.07 Å². The molecule has 0 amide bonds. The highest BCUT2D eigenvalue weighted by Gasteiger charge is 2.18. The Balaban J connectivity index is 1.27. The van der Waals surface area contributed by atoms with Gasteiger partial charge in [0.15, 0.2) is 11.5 Å². The van der Waals surface area contributed by atoms with E-state index in [1.165, 1.54) is 5.56 Å². The molecule has 0 atom stereocenters. The van der Waals surface area contributed by atoms with Gasteiger partial charge in [0.05, 0.1) is 24.7 Å². The lowest BCUT2D eigenvalue weighted by Gasteiger charge is -2.16. The lowest BCUT2D eigenvalue weighted by Crippen LogP contribution is -2.28. The normalized spacial score (nSPS) is 13.4. The van der Waals surface area contributed by atoms with Gasteiger partial charge in [0, 0.05) is 18.7 Å². The van der Waals surface area contributed by atoms with Crippen LogP contribution in [0, 0.1) is 0 Å². The fourth-order valence-corrected chi connectivity index (χ4v) is 5.36. The van der Waals surface area contributed by atoms with Crippen molar-refractivity contribution in [2.24, 2.45) is 0 Å². The Bertz CT molecular complexity index is 1500. The lowest BCUT2D eigenvalue weighted by atomic mass is 9.92. The number of methoxy groups -OCH3 is 2. The molecule has 2 heterocycles. The molecule has 0 saturated carbocycles. The maximum atomic E-state index is 12.8. The minimum Gasteiger partial charge on any atom is -0.497 e. The Morgan fingerprint density at radius 2 is 1.78 bits per heavy atom. The van der Waals surface area contributed by atoms with Crippen molar-refractivity contribution in [2.75, 3.05) is 27.4 Å². The summed E-state index contributed by atoms with van der Waals surface area (Å²) in [4.78, 5) is 0.283. The van der Waals surface area contributed by atoms with E-state index in [-0.39, 0.29) is 18.0 Å². The van der Waals surface area contributed by atoms with Crippen molar-refractivity contribution in [1.82, 2.24) is 24.5 Å². The molecule has 1 aliphatic carbocycles. The molecule has 0 aliphatic heterocycles. The lowest BCUT2D eigenvalue weighted by molar-refractivity contribution is 0.306. The van der Waals surface area contributed by atoms with Gasteiger partial charge in [0.1, 0.15) is 18.1 Å². The van der Waals surface area contributed by atoms with Crippen LogP contribution in [-0.2, 0) is 22.9 Å². The van der Waals surface area contributed by atoms with Crippen molar-refractivity contribution in [3.8, 4) is 28.8 Å². The molecule has 10 nitrogen and oxygen atoms in total. The molecule has 2 aromatic carbocycles. The molecule has 0 saturated heterocycles. The third kappa shape index (κ3) is 4.84. The Kier molecular flexibility index (Phi) is 6.75. The molecular formula is C25H27N5O5S. The average Bonchev–Trinajstić information content (AvgIpc) is 3.33. The van der Waals surface area contributed by atoms with Crippen LogP contribution < -0.4 is 18.9 Å². The van der Waals surface area contributed by atoms with E-state index in [1.54, 1.807) is 55.1 Å². The number of hydrogen-bond donors (Lipinski definition) is 1. The zero-order valence-electron chi connectivity index (χ0n) is 20.1. The third-order valence-electron chi connectivity index (χ3n) is 6.16. The largest absolute Gasteiger partial charge is 0.497 e. The van der Waals surface area contributed by atoms with Crippen LogP contribution in [0.3, 0.4) is 0 Å². The zero-order valence-corrected chi connectivity index (χ0v) is 20.9. The first-order valence-electron chi connectivity index (χ1n) is 11.7. The van der Waals surface area contributed by atoms with E-state index < -0.39 is 10.0 Å². The summed E-state index contributed by atoms with van der Waals surface area (Å²) in [5.74, 6) is 2.00. The van der Waals surface area contributed by atoms with E-state index in [1.807, 2.05) is 12.1 Å². The van der Waals surface area contributed by atoms with Gasteiger partial charge < -0.3 is 14.2 Å². The van der Waals surface area contributed by atoms with Crippen LogP contribution in [0.15, 0.2) is 53.4 Å². The number of aryl methyl sites for hydroxylation is 2. The predicted octanol–water partition coefficient (Wildman–Crippen LogP) is 3.04. The average molecular weight is 510 g/mol. The number of nitrogens with one attached hydrogen (secondary N) is 1. The van der Waals surface area contributed by atoms with Gasteiger partial charge in [-0.05, 0) is 67.1 Å². The first kappa shape index (κ1) is 24.0. The molecule has 4 aromatic rings. The number of fused-ring (bicyclic) bond motifs is 2. The minimum atomic E-state index is -3.63. The predicted molar refractivity (Wildman–Crippen MR) is 133 cm³/mol. The molecule has 5 rings (SSSR count). The van der Waals surface area contributed by atoms with E-state index in [0.29, 0.717) is 34.4 Å². The monoisotopic (exact) mass is 509 g/mol. The number of hydrogen-bond acceptors (Lipinski definition) is 8. The molecule has 0 bridgehead atoms. The van der Waals surface area contributed by atoms with Gasteiger partial charge in [0.2, 0.25) is 15.9 Å². The van der Waals surface area contributed by atoms with Gasteiger partial charge in [-0.2, -0.15) is 4.52 Å². The van der Waals surface area contributed by atoms with Gasteiger partial charge in [-0.15, -0.1) is 15.3 Å². The highest BCUT2D eigenvalue weighted by molar-refractivity contribution is 7.89. The summed E-state index contributed by atoms with van der Waals surface area (Å²) >= 11 is 0. The Hall–Kier alpha value is -3.70. The van der Waals surface area contributed by atoms with Gasteiger partial charge in [0.25, 0.3) is 0 Å². The van der Waals surface area contributed by atoms with Crippen LogP contribution >= 0.6 is 0 Å². The molecule has 0 unspecified atom stereocenters. The van der Waals surface area contributed by atoms with Crippen LogP contribution in [-0.4, -0.2) is 55.6 Å². The number of aromatic nitrogens is 4. The molecular weight excluding hydrogens is 482 g/mol. The number of benzene rings is 2. The number of rotatable bonds is 9. The SMILES string of the molecule is COc1ccc(-c2nnc3ccc(OCCNS(=O)(=O)c4ccc5c(c4)CCCC5)nn23)c(OC)c1. The van der Waals surface area contributed by atoms with Gasteiger partial charge in [-0.25, -0.2) is 13.1 Å². The van der Waals surface area contributed by atoms with E-state index in [4.69, 9.17) is 14.2 Å². The van der Waals surface area contributed by atoms with Crippen LogP contribution in [0.1, 0.15) is 24.0 Å². The second-order valence-corrected chi connectivity index (χ2v) is 10.2. The van der Waals surface area contributed by atoms with E-state index in [0.717, 1.165) is 31.2 Å². The first-order chi connectivity index (χ1) is 17.5. The van der Waals surface area contributed by atoms with Crippen LogP contribution in [0.2, 0.25) is 0 Å². The molecule has 11 heteroatoms. The summed E-state index contributed by atoms with van der Waals surface area (Å²) in [5, 5.41) is 12.9. The summed E-state index contributed by atoms with van der Waals surface area (Å²) in [5.41, 5.74) is 3.58. The molecule has 36 heavy (non-hydrogen) atoms. The van der Waals surface area contributed by atoms with Crippen molar-refractivity contribution in [1.29, 1.82) is 0 Å². The Labute approximate surface area is 209 Å². The fraction of sp³-hybridized carbons (Fsp3) is 0.320. The van der Waals surface area contributed by atoms with E-state index in [2.05, 4.69) is 20.0 Å². The highest BCUT2D eigenvalue weighted by Crippen LogP contribution is 2.32. The van der Waals surface area contributed by atoms with Crippen LogP contribution in [0.25, 0.3) is 17.0 Å². The molecule has 188 valence electrons. The Morgan fingerprint density at radius 3 is 2.58 bits per heavy atom. The summed E-state index contributed by atoms with van der Waals surface area (Å²) in [7, 11) is -0.483. The first-order valence-corrected chi connectivity index (χ1v) is 13.2. The topological polar surface area (TPSA) is 117 Å². The van der Waals surface area contributed by atoms with Gasteiger partial charge >= 0.3 is 0 Å². The maximum absolute atomic E-state index is 12.8. The van der Waals surface area contributed by atoms with E-state index >= 15 is 0 Å². The molecule has 0 radical (unpaired) electrons. The number of nitrogens with zero attached hydrogens (tertiary/aromatic N) is 4. The summed E-state index contributed by atoms with van der Waals surface area (Å²) in [6.07, 6.45) is 4.17. The van der Waals surface area contributed by atoms with E-state index in [9.17, 15) is 8.42 Å². The minimum absolute atomic E-state index is 0.0977. The van der Waals surface area contributed by atoms with Crippen molar-refractivity contribution in [3.05, 3.63) is 59.7 Å². The van der Waals surface area contributed by atoms with Crippen molar-refractivity contribution in [3.63, 3.8) is 0 Å². The van der Waals surface area contributed by atoms with Gasteiger partial charge in [-0.3, -0.25) is 0 Å². The third-order valence-corrected chi connectivity index (χ3v) is 7.62. The second kappa shape index (κ2) is 10.1. The molecule has 0 fully saturated rings. The van der Waals surface area contributed by atoms with Crippen LogP contribution in [0.4, 0.5) is 0 Å². The summed E-state index contributed by atoms with van der Waals surface area (Å²) in [6.45, 7) is 0.201. The maximum Gasteiger partial charge on any atom is 0.240 e. The molecule has 1 aliphatic rings. The molecule has 0 spiro atoms. The molecule has 2 aromatic heterocycles. The second-order valence-electron chi connectivity index (χ2n) is 8.42. The van der Waals surface area contributed by atoms with Crippen LogP contribution in [0.5, 0.6) is 17.4 Å². The summed E-state index contributed by atoms with van der Waals surface area (Å²) < 4.78 is 46.1. The molecule has 1 N–H and O–H groups in total. The smallest absolute Gasteiger partial charge is 0.240 e. The standard InChI is InChI=1S/C25H27N5O5S/c1-33-19-8-10-21(22(16-19)34-2)25-28-27-23-11-12-24(29-30(23)25)35-14-13-26-36(31,32)20-9-7-17-5-3-4-6-18(17)15-20/h7-12,15-16,26H,3-6,13-14H2,1-2H3. The highest BCUT2D eigenvalue weighted by atomic mass is 32.2. The number of sulfonamides is 1. The quantitative estimate of drug-likeness (QED) is 0.342. The Morgan fingerprint density at radius 1 is 0.944 bits per heavy atom. The number of ether oxygens (including phenoxy) is 3. The van der Waals surface area contributed by atoms with Crippen molar-refractivity contribution >= 4 is 15.7 Å². The zero-order chi connectivity index (χ0) is 25.1. The fourth-order valence-electron chi connectivity index (χ4n) is 4.29.